The van der Waals surface area contributed by atoms with E-state index < -0.39 is 0 Å². The van der Waals surface area contributed by atoms with E-state index in [0.717, 1.165) is 45.1 Å². The molecule has 0 heterocycles. The fourth-order valence-electron chi connectivity index (χ4n) is 3.29. The molecule has 1 saturated carbocycles. The lowest BCUT2D eigenvalue weighted by Gasteiger charge is -2.28. The summed E-state index contributed by atoms with van der Waals surface area (Å²) in [6, 6.07) is 0.181. The van der Waals surface area contributed by atoms with Gasteiger partial charge in [0, 0.05) is 51.0 Å². The van der Waals surface area contributed by atoms with Crippen LogP contribution >= 0.6 is 0 Å². The second kappa shape index (κ2) is 13.7. The maximum absolute atomic E-state index is 12.0. The molecule has 0 radical (unpaired) electrons. The summed E-state index contributed by atoms with van der Waals surface area (Å²) in [5.74, 6) is 0.532. The Morgan fingerprint density at radius 2 is 1.62 bits per heavy atom. The van der Waals surface area contributed by atoms with E-state index in [4.69, 9.17) is 4.74 Å². The highest BCUT2D eigenvalue weighted by atomic mass is 16.5. The Morgan fingerprint density at radius 3 is 2.27 bits per heavy atom. The van der Waals surface area contributed by atoms with E-state index in [1.807, 2.05) is 6.92 Å². The van der Waals surface area contributed by atoms with Crippen LogP contribution in [-0.4, -0.2) is 43.4 Å². The topological polar surface area (TPSA) is 84.5 Å². The molecule has 0 atom stereocenters. The van der Waals surface area contributed by atoms with Crippen molar-refractivity contribution < 1.29 is 19.1 Å². The average molecular weight is 369 g/mol. The van der Waals surface area contributed by atoms with Gasteiger partial charge in [-0.2, -0.15) is 0 Å². The molecule has 150 valence electrons. The summed E-state index contributed by atoms with van der Waals surface area (Å²) < 4.78 is 5.35. The lowest BCUT2D eigenvalue weighted by Crippen LogP contribution is -2.38. The molecule has 0 aromatic carbocycles. The van der Waals surface area contributed by atoms with Gasteiger partial charge in [0.1, 0.15) is 5.78 Å². The molecule has 6 nitrogen and oxygen atoms in total. The molecule has 26 heavy (non-hydrogen) atoms. The Kier molecular flexibility index (Phi) is 11.9. The predicted molar refractivity (Wildman–Crippen MR) is 102 cm³/mol. The van der Waals surface area contributed by atoms with Crippen molar-refractivity contribution in [1.82, 2.24) is 10.6 Å². The molecule has 0 spiro atoms. The van der Waals surface area contributed by atoms with E-state index in [1.165, 1.54) is 0 Å². The number of nitrogens with one attached hydrogen (secondary N) is 2. The van der Waals surface area contributed by atoms with Crippen LogP contribution in [0, 0.1) is 5.92 Å². The third-order valence-corrected chi connectivity index (χ3v) is 4.84. The minimum Gasteiger partial charge on any atom is -0.381 e. The Hall–Kier alpha value is -1.43. The van der Waals surface area contributed by atoms with E-state index in [0.29, 0.717) is 44.6 Å². The first kappa shape index (κ1) is 22.6. The van der Waals surface area contributed by atoms with Crippen LogP contribution in [-0.2, 0) is 19.1 Å². The Morgan fingerprint density at radius 1 is 0.923 bits per heavy atom. The largest absolute Gasteiger partial charge is 0.381 e. The summed E-state index contributed by atoms with van der Waals surface area (Å²) >= 11 is 0. The first-order valence-corrected chi connectivity index (χ1v) is 10.2. The van der Waals surface area contributed by atoms with Crippen molar-refractivity contribution in [3.63, 3.8) is 0 Å². The Balaban J connectivity index is 2.03. The number of amides is 2. The molecular formula is C20H36N2O4. The molecule has 1 aliphatic rings. The van der Waals surface area contributed by atoms with Crippen LogP contribution in [0.5, 0.6) is 0 Å². The highest BCUT2D eigenvalue weighted by molar-refractivity contribution is 5.81. The number of hydrogen-bond donors (Lipinski definition) is 2. The first-order chi connectivity index (χ1) is 12.6. The van der Waals surface area contributed by atoms with Gasteiger partial charge in [0.25, 0.3) is 0 Å². The van der Waals surface area contributed by atoms with Crippen LogP contribution < -0.4 is 10.6 Å². The van der Waals surface area contributed by atoms with Gasteiger partial charge in [-0.3, -0.25) is 14.4 Å². The normalized spacial score (nSPS) is 19.8. The number of ketones is 1. The van der Waals surface area contributed by atoms with Gasteiger partial charge in [0.2, 0.25) is 11.8 Å². The summed E-state index contributed by atoms with van der Waals surface area (Å²) in [6.07, 6.45) is 7.25. The fraction of sp³-hybridized carbons (Fsp3) is 0.850. The number of carbonyl (C=O) groups excluding carboxylic acids is 3. The van der Waals surface area contributed by atoms with Gasteiger partial charge in [-0.1, -0.05) is 13.8 Å². The van der Waals surface area contributed by atoms with Gasteiger partial charge in [0.05, 0.1) is 0 Å². The highest BCUT2D eigenvalue weighted by Crippen LogP contribution is 2.25. The molecule has 2 amide bonds. The number of hydrogen-bond acceptors (Lipinski definition) is 4. The standard InChI is InChI=1S/C20H36N2O4/c1-3-14-26-15-6-13-21-19(24)7-5-8-20(25)22-17-11-9-16(10-12-17)18(23)4-2/h16-17H,3-15H2,1-2H3,(H,21,24)(H,22,25). The summed E-state index contributed by atoms with van der Waals surface area (Å²) in [6.45, 7) is 6.03. The second-order valence-corrected chi connectivity index (χ2v) is 7.11. The Labute approximate surface area is 157 Å². The van der Waals surface area contributed by atoms with E-state index in [2.05, 4.69) is 17.6 Å². The molecule has 1 fully saturated rings. The molecule has 2 N–H and O–H groups in total. The maximum atomic E-state index is 12.0. The van der Waals surface area contributed by atoms with Crippen LogP contribution in [0.2, 0.25) is 0 Å². The average Bonchev–Trinajstić information content (AvgIpc) is 2.64. The van der Waals surface area contributed by atoms with Crippen LogP contribution in [0.15, 0.2) is 0 Å². The highest BCUT2D eigenvalue weighted by Gasteiger charge is 2.25. The van der Waals surface area contributed by atoms with Gasteiger partial charge < -0.3 is 15.4 Å². The SMILES string of the molecule is CCCOCCCNC(=O)CCCC(=O)NC1CCC(C(=O)CC)CC1. The maximum Gasteiger partial charge on any atom is 0.220 e. The molecule has 1 aliphatic carbocycles. The molecule has 0 aliphatic heterocycles. The van der Waals surface area contributed by atoms with Crippen LogP contribution in [0.1, 0.15) is 78.1 Å². The summed E-state index contributed by atoms with van der Waals surface area (Å²) in [4.78, 5) is 35.4. The zero-order chi connectivity index (χ0) is 19.2. The minimum absolute atomic E-state index is 0.00752. The molecular weight excluding hydrogens is 332 g/mol. The zero-order valence-electron chi connectivity index (χ0n) is 16.5. The second-order valence-electron chi connectivity index (χ2n) is 7.11. The number of carbonyl (C=O) groups is 3. The third kappa shape index (κ3) is 9.90. The smallest absolute Gasteiger partial charge is 0.220 e. The van der Waals surface area contributed by atoms with Crippen molar-refractivity contribution in [3.05, 3.63) is 0 Å². The van der Waals surface area contributed by atoms with E-state index >= 15 is 0 Å². The first-order valence-electron chi connectivity index (χ1n) is 10.2. The summed E-state index contributed by atoms with van der Waals surface area (Å²) in [5.41, 5.74) is 0. The minimum atomic E-state index is -0.00752. The lowest BCUT2D eigenvalue weighted by atomic mass is 9.83. The van der Waals surface area contributed by atoms with Crippen molar-refractivity contribution in [2.24, 2.45) is 5.92 Å². The molecule has 1 rings (SSSR count). The molecule has 0 aromatic rings. The van der Waals surface area contributed by atoms with Crippen molar-refractivity contribution in [3.8, 4) is 0 Å². The molecule has 0 aromatic heterocycles. The number of rotatable bonds is 13. The van der Waals surface area contributed by atoms with Gasteiger partial charge in [0.15, 0.2) is 0 Å². The van der Waals surface area contributed by atoms with Crippen LogP contribution in [0.3, 0.4) is 0 Å². The van der Waals surface area contributed by atoms with Crippen LogP contribution in [0.25, 0.3) is 0 Å². The van der Waals surface area contributed by atoms with E-state index in [9.17, 15) is 14.4 Å². The molecule has 6 heteroatoms. The van der Waals surface area contributed by atoms with Gasteiger partial charge in [-0.15, -0.1) is 0 Å². The monoisotopic (exact) mass is 368 g/mol. The lowest BCUT2D eigenvalue weighted by molar-refractivity contribution is -0.123. The number of Topliss-reactive ketones (excluding diaryl/α,β-unsaturated/α-hetero) is 1. The molecule has 0 bridgehead atoms. The zero-order valence-corrected chi connectivity index (χ0v) is 16.5. The van der Waals surface area contributed by atoms with Gasteiger partial charge in [-0.05, 0) is 44.9 Å². The van der Waals surface area contributed by atoms with Crippen molar-refractivity contribution in [1.29, 1.82) is 0 Å². The van der Waals surface area contributed by atoms with E-state index in [1.54, 1.807) is 0 Å². The van der Waals surface area contributed by atoms with Gasteiger partial charge >= 0.3 is 0 Å². The third-order valence-electron chi connectivity index (χ3n) is 4.84. The van der Waals surface area contributed by atoms with Crippen LogP contribution in [0.4, 0.5) is 0 Å². The fourth-order valence-corrected chi connectivity index (χ4v) is 3.29. The van der Waals surface area contributed by atoms with Crippen molar-refractivity contribution >= 4 is 17.6 Å². The van der Waals surface area contributed by atoms with Gasteiger partial charge in [-0.25, -0.2) is 0 Å². The summed E-state index contributed by atoms with van der Waals surface area (Å²) in [5, 5.41) is 5.90. The van der Waals surface area contributed by atoms with Crippen molar-refractivity contribution in [2.45, 2.75) is 84.1 Å². The number of ether oxygens (including phenoxy) is 1. The predicted octanol–water partition coefficient (Wildman–Crippen LogP) is 2.74. The quantitative estimate of drug-likeness (QED) is 0.490. The molecule has 0 saturated heterocycles. The summed E-state index contributed by atoms with van der Waals surface area (Å²) in [7, 11) is 0. The van der Waals surface area contributed by atoms with E-state index in [-0.39, 0.29) is 23.8 Å². The van der Waals surface area contributed by atoms with Crippen molar-refractivity contribution in [2.75, 3.05) is 19.8 Å². The Bertz CT molecular complexity index is 432. The molecule has 0 unspecified atom stereocenters.